The average molecular weight is 251 g/mol. The molecular weight excluding hydrogens is 234 g/mol. The van der Waals surface area contributed by atoms with Crippen molar-refractivity contribution in [1.29, 1.82) is 0 Å². The van der Waals surface area contributed by atoms with E-state index in [1.54, 1.807) is 0 Å². The Morgan fingerprint density at radius 2 is 1.74 bits per heavy atom. The van der Waals surface area contributed by atoms with Gasteiger partial charge in [-0.15, -0.1) is 0 Å². The van der Waals surface area contributed by atoms with Crippen molar-refractivity contribution in [3.63, 3.8) is 0 Å². The van der Waals surface area contributed by atoms with Crippen LogP contribution in [0, 0.1) is 13.8 Å². The maximum Gasteiger partial charge on any atom is 0.110 e. The maximum atomic E-state index is 4.42. The molecule has 1 aliphatic rings. The van der Waals surface area contributed by atoms with E-state index in [1.807, 2.05) is 26.2 Å². The monoisotopic (exact) mass is 251 g/mol. The Balaban J connectivity index is 2.18. The Kier molecular flexibility index (Phi) is 2.56. The molecule has 19 heavy (non-hydrogen) atoms. The fraction of sp³-hybridized carbons (Fsp3) is 0.188. The number of pyridine rings is 1. The second-order valence-corrected chi connectivity index (χ2v) is 4.91. The molecule has 96 valence electrons. The van der Waals surface area contributed by atoms with Crippen molar-refractivity contribution in [1.82, 2.24) is 4.98 Å². The third-order valence-electron chi connectivity index (χ3n) is 3.59. The minimum Gasteiger partial charge on any atom is -0.329 e. The minimum atomic E-state index is 0.954. The molecule has 0 unspecified atom stereocenters. The first-order valence-corrected chi connectivity index (χ1v) is 6.34. The third-order valence-corrected chi connectivity index (χ3v) is 3.59. The first-order valence-electron chi connectivity index (χ1n) is 6.34. The highest BCUT2D eigenvalue weighted by atomic mass is 15.4. The average Bonchev–Trinajstić information content (AvgIpc) is 2.64. The van der Waals surface area contributed by atoms with E-state index < -0.39 is 0 Å². The van der Waals surface area contributed by atoms with E-state index in [0.717, 1.165) is 22.9 Å². The molecule has 0 atom stereocenters. The summed E-state index contributed by atoms with van der Waals surface area (Å²) in [7, 11) is 2.04. The number of fused-ring (bicyclic) bond motifs is 1. The molecule has 0 spiro atoms. The van der Waals surface area contributed by atoms with Crippen molar-refractivity contribution >= 4 is 17.1 Å². The summed E-state index contributed by atoms with van der Waals surface area (Å²) in [6, 6.07) is 10.4. The molecule has 2 aromatic rings. The summed E-state index contributed by atoms with van der Waals surface area (Å²) in [5.74, 6) is 0.954. The SMILES string of the molecule is C=C1N(C)c2ccccc2N1c1cnc(C)cc1C. The van der Waals surface area contributed by atoms with Crippen LogP contribution in [0.1, 0.15) is 11.3 Å². The van der Waals surface area contributed by atoms with Crippen LogP contribution in [0.2, 0.25) is 0 Å². The summed E-state index contributed by atoms with van der Waals surface area (Å²) >= 11 is 0. The molecule has 0 radical (unpaired) electrons. The summed E-state index contributed by atoms with van der Waals surface area (Å²) in [5, 5.41) is 0. The second-order valence-electron chi connectivity index (χ2n) is 4.91. The zero-order valence-corrected chi connectivity index (χ0v) is 11.5. The van der Waals surface area contributed by atoms with E-state index in [2.05, 4.69) is 52.6 Å². The van der Waals surface area contributed by atoms with E-state index in [-0.39, 0.29) is 0 Å². The van der Waals surface area contributed by atoms with Crippen LogP contribution in [0.4, 0.5) is 17.1 Å². The molecule has 1 aromatic heterocycles. The van der Waals surface area contributed by atoms with Crippen molar-refractivity contribution in [2.75, 3.05) is 16.8 Å². The van der Waals surface area contributed by atoms with Crippen molar-refractivity contribution in [2.24, 2.45) is 0 Å². The molecule has 1 aliphatic heterocycles. The standard InChI is InChI=1S/C16H17N3/c1-11-9-12(2)17-10-16(11)19-13(3)18(4)14-7-5-6-8-15(14)19/h5-10H,3H2,1-2,4H3. The predicted molar refractivity (Wildman–Crippen MR) is 79.8 cm³/mol. The van der Waals surface area contributed by atoms with Gasteiger partial charge in [0.15, 0.2) is 0 Å². The highest BCUT2D eigenvalue weighted by molar-refractivity contribution is 5.88. The molecule has 0 amide bonds. The normalized spacial score (nSPS) is 13.9. The van der Waals surface area contributed by atoms with Gasteiger partial charge in [0, 0.05) is 12.7 Å². The number of rotatable bonds is 1. The number of hydrogen-bond acceptors (Lipinski definition) is 3. The van der Waals surface area contributed by atoms with Crippen molar-refractivity contribution < 1.29 is 0 Å². The summed E-state index contributed by atoms with van der Waals surface area (Å²) in [6.07, 6.45) is 1.92. The van der Waals surface area contributed by atoms with Crippen molar-refractivity contribution in [2.45, 2.75) is 13.8 Å². The van der Waals surface area contributed by atoms with Crippen LogP contribution >= 0.6 is 0 Å². The number of aromatic nitrogens is 1. The molecule has 3 heteroatoms. The number of aryl methyl sites for hydroxylation is 2. The van der Waals surface area contributed by atoms with E-state index in [9.17, 15) is 0 Å². The molecular formula is C16H17N3. The lowest BCUT2D eigenvalue weighted by Gasteiger charge is -2.23. The molecule has 3 rings (SSSR count). The van der Waals surface area contributed by atoms with Gasteiger partial charge >= 0.3 is 0 Å². The van der Waals surface area contributed by atoms with E-state index in [1.165, 1.54) is 11.3 Å². The van der Waals surface area contributed by atoms with Crippen LogP contribution in [0.3, 0.4) is 0 Å². The highest BCUT2D eigenvalue weighted by Gasteiger charge is 2.29. The third kappa shape index (κ3) is 1.70. The lowest BCUT2D eigenvalue weighted by atomic mass is 10.2. The topological polar surface area (TPSA) is 19.4 Å². The van der Waals surface area contributed by atoms with Gasteiger partial charge in [0.25, 0.3) is 0 Å². The Bertz CT molecular complexity index is 661. The fourth-order valence-electron chi connectivity index (χ4n) is 2.56. The number of nitrogens with zero attached hydrogens (tertiary/aromatic N) is 3. The Morgan fingerprint density at radius 1 is 1.05 bits per heavy atom. The molecule has 2 heterocycles. The fourth-order valence-corrected chi connectivity index (χ4v) is 2.56. The van der Waals surface area contributed by atoms with Crippen molar-refractivity contribution in [3.8, 4) is 0 Å². The van der Waals surface area contributed by atoms with Crippen molar-refractivity contribution in [3.05, 3.63) is 60.2 Å². The molecule has 3 nitrogen and oxygen atoms in total. The highest BCUT2D eigenvalue weighted by Crippen LogP contribution is 2.44. The Morgan fingerprint density at radius 3 is 2.42 bits per heavy atom. The predicted octanol–water partition coefficient (Wildman–Crippen LogP) is 3.76. The summed E-state index contributed by atoms with van der Waals surface area (Å²) < 4.78 is 0. The van der Waals surface area contributed by atoms with Crippen LogP contribution in [0.25, 0.3) is 0 Å². The van der Waals surface area contributed by atoms with Crippen LogP contribution < -0.4 is 9.80 Å². The molecule has 0 N–H and O–H groups in total. The van der Waals surface area contributed by atoms with Gasteiger partial charge in [-0.3, -0.25) is 9.88 Å². The largest absolute Gasteiger partial charge is 0.329 e. The zero-order chi connectivity index (χ0) is 13.6. The number of para-hydroxylation sites is 2. The van der Waals surface area contributed by atoms with Gasteiger partial charge in [0.1, 0.15) is 5.82 Å². The Labute approximate surface area is 113 Å². The lowest BCUT2D eigenvalue weighted by molar-refractivity contribution is 1.07. The first-order chi connectivity index (χ1) is 9.09. The van der Waals surface area contributed by atoms with Gasteiger partial charge in [-0.2, -0.15) is 0 Å². The molecule has 0 saturated carbocycles. The van der Waals surface area contributed by atoms with Crippen LogP contribution in [0.5, 0.6) is 0 Å². The second kappa shape index (κ2) is 4.12. The molecule has 1 aromatic carbocycles. The summed E-state index contributed by atoms with van der Waals surface area (Å²) in [6.45, 7) is 8.31. The molecule has 0 aliphatic carbocycles. The number of hydrogen-bond donors (Lipinski definition) is 0. The smallest absolute Gasteiger partial charge is 0.110 e. The van der Waals surface area contributed by atoms with Gasteiger partial charge in [-0.05, 0) is 37.6 Å². The Hall–Kier alpha value is -2.29. The van der Waals surface area contributed by atoms with Crippen LogP contribution in [0.15, 0.2) is 48.9 Å². The van der Waals surface area contributed by atoms with Gasteiger partial charge in [-0.25, -0.2) is 0 Å². The summed E-state index contributed by atoms with van der Waals surface area (Å²) in [4.78, 5) is 8.69. The zero-order valence-electron chi connectivity index (χ0n) is 11.5. The molecule has 0 fully saturated rings. The van der Waals surface area contributed by atoms with Gasteiger partial charge in [0.2, 0.25) is 0 Å². The van der Waals surface area contributed by atoms with Gasteiger partial charge < -0.3 is 4.90 Å². The molecule has 0 bridgehead atoms. The van der Waals surface area contributed by atoms with E-state index in [0.29, 0.717) is 0 Å². The number of anilines is 3. The van der Waals surface area contributed by atoms with E-state index in [4.69, 9.17) is 0 Å². The quantitative estimate of drug-likeness (QED) is 0.769. The van der Waals surface area contributed by atoms with Crippen LogP contribution in [-0.4, -0.2) is 12.0 Å². The first kappa shape index (κ1) is 11.8. The van der Waals surface area contributed by atoms with Gasteiger partial charge in [-0.1, -0.05) is 18.7 Å². The number of benzene rings is 1. The van der Waals surface area contributed by atoms with E-state index >= 15 is 0 Å². The van der Waals surface area contributed by atoms with Crippen LogP contribution in [-0.2, 0) is 0 Å². The van der Waals surface area contributed by atoms with Gasteiger partial charge in [0.05, 0.1) is 23.3 Å². The lowest BCUT2D eigenvalue weighted by Crippen LogP contribution is -2.21. The molecule has 0 saturated heterocycles. The maximum absolute atomic E-state index is 4.42. The summed E-state index contributed by atoms with van der Waals surface area (Å²) in [5.41, 5.74) is 5.66. The minimum absolute atomic E-state index is 0.954.